The fourth-order valence-electron chi connectivity index (χ4n) is 4.20. The molecule has 7 nitrogen and oxygen atoms in total. The molecule has 7 heteroatoms. The molecule has 30 heavy (non-hydrogen) atoms. The van der Waals surface area contributed by atoms with Gasteiger partial charge in [0, 0.05) is 25.4 Å². The molecule has 2 aliphatic rings. The number of aliphatic imine (C=N–C) groups is 1. The van der Waals surface area contributed by atoms with Crippen LogP contribution in [0.2, 0.25) is 0 Å². The van der Waals surface area contributed by atoms with Crippen molar-refractivity contribution in [2.75, 3.05) is 0 Å². The molecular formula is C23H26N6O. The zero-order valence-electron chi connectivity index (χ0n) is 17.5. The van der Waals surface area contributed by atoms with Crippen LogP contribution in [0, 0.1) is 11.8 Å². The van der Waals surface area contributed by atoms with E-state index in [4.69, 9.17) is 15.2 Å². The molecule has 154 valence electrons. The number of aromatic nitrogens is 4. The molecule has 0 bridgehead atoms. The Morgan fingerprint density at radius 1 is 1.17 bits per heavy atom. The van der Waals surface area contributed by atoms with E-state index in [1.165, 1.54) is 18.4 Å². The molecule has 2 unspecified atom stereocenters. The van der Waals surface area contributed by atoms with Crippen LogP contribution >= 0.6 is 0 Å². The van der Waals surface area contributed by atoms with Crippen molar-refractivity contribution < 1.29 is 4.52 Å². The Balaban J connectivity index is 1.47. The van der Waals surface area contributed by atoms with Crippen LogP contribution in [0.4, 0.5) is 0 Å². The molecule has 0 radical (unpaired) electrons. The van der Waals surface area contributed by atoms with Gasteiger partial charge in [-0.15, -0.1) is 0 Å². The average Bonchev–Trinajstić information content (AvgIpc) is 3.33. The Morgan fingerprint density at radius 3 is 2.57 bits per heavy atom. The number of aryl methyl sites for hydroxylation is 1. The van der Waals surface area contributed by atoms with Gasteiger partial charge in [0.05, 0.1) is 17.2 Å². The van der Waals surface area contributed by atoms with Gasteiger partial charge in [-0.2, -0.15) is 10.1 Å². The van der Waals surface area contributed by atoms with Gasteiger partial charge < -0.3 is 10.3 Å². The minimum atomic E-state index is -0.285. The molecule has 3 atom stereocenters. The first-order valence-corrected chi connectivity index (χ1v) is 10.4. The van der Waals surface area contributed by atoms with E-state index in [1.54, 1.807) is 10.9 Å². The summed E-state index contributed by atoms with van der Waals surface area (Å²) in [5.74, 6) is 1.98. The maximum Gasteiger partial charge on any atom is 0.261 e. The zero-order chi connectivity index (χ0) is 20.9. The zero-order valence-corrected chi connectivity index (χ0v) is 17.5. The number of nitrogens with zero attached hydrogens (tertiary/aromatic N) is 5. The Bertz CT molecular complexity index is 1120. The van der Waals surface area contributed by atoms with Crippen LogP contribution in [0.25, 0.3) is 17.0 Å². The highest BCUT2D eigenvalue weighted by Crippen LogP contribution is 2.50. The predicted octanol–water partition coefficient (Wildman–Crippen LogP) is 3.57. The molecule has 1 fully saturated rings. The number of hydrogen-bond acceptors (Lipinski definition) is 6. The van der Waals surface area contributed by atoms with E-state index in [0.29, 0.717) is 11.8 Å². The molecule has 3 aromatic rings. The Morgan fingerprint density at radius 2 is 1.93 bits per heavy atom. The molecule has 1 aliphatic heterocycles. The summed E-state index contributed by atoms with van der Waals surface area (Å²) in [6.45, 7) is 4.32. The summed E-state index contributed by atoms with van der Waals surface area (Å²) in [5, 5.41) is 8.57. The summed E-state index contributed by atoms with van der Waals surface area (Å²) < 4.78 is 7.33. The summed E-state index contributed by atoms with van der Waals surface area (Å²) in [4.78, 5) is 9.16. The van der Waals surface area contributed by atoms with E-state index >= 15 is 0 Å². The van der Waals surface area contributed by atoms with Crippen molar-refractivity contribution in [1.29, 1.82) is 0 Å². The van der Waals surface area contributed by atoms with Gasteiger partial charge in [0.2, 0.25) is 0 Å². The van der Waals surface area contributed by atoms with Gasteiger partial charge in [-0.25, -0.2) is 0 Å². The van der Waals surface area contributed by atoms with E-state index < -0.39 is 0 Å². The van der Waals surface area contributed by atoms with Gasteiger partial charge in [-0.1, -0.05) is 42.4 Å². The van der Waals surface area contributed by atoms with Gasteiger partial charge in [0.1, 0.15) is 6.17 Å². The van der Waals surface area contributed by atoms with Crippen LogP contribution in [0.15, 0.2) is 52.3 Å². The van der Waals surface area contributed by atoms with E-state index in [2.05, 4.69) is 59.4 Å². The second-order valence-electron chi connectivity index (χ2n) is 8.63. The third-order valence-corrected chi connectivity index (χ3v) is 6.42. The van der Waals surface area contributed by atoms with Crippen LogP contribution < -0.4 is 5.73 Å². The van der Waals surface area contributed by atoms with Crippen molar-refractivity contribution in [3.05, 3.63) is 59.7 Å². The molecule has 0 amide bonds. The van der Waals surface area contributed by atoms with Crippen LogP contribution in [-0.2, 0) is 12.5 Å². The van der Waals surface area contributed by atoms with Gasteiger partial charge in [0.15, 0.2) is 5.82 Å². The van der Waals surface area contributed by atoms with Crippen LogP contribution in [0.3, 0.4) is 0 Å². The summed E-state index contributed by atoms with van der Waals surface area (Å²) in [6.07, 6.45) is 9.87. The van der Waals surface area contributed by atoms with Crippen molar-refractivity contribution in [3.63, 3.8) is 0 Å². The Labute approximate surface area is 175 Å². The van der Waals surface area contributed by atoms with E-state index in [-0.39, 0.29) is 17.5 Å². The number of hydrogen-bond donors (Lipinski definition) is 1. The summed E-state index contributed by atoms with van der Waals surface area (Å²) in [7, 11) is 1.87. The maximum atomic E-state index is 5.98. The van der Waals surface area contributed by atoms with Crippen LogP contribution in [0.5, 0.6) is 0 Å². The molecule has 3 heterocycles. The first-order valence-electron chi connectivity index (χ1n) is 10.4. The van der Waals surface area contributed by atoms with E-state index in [9.17, 15) is 0 Å². The number of rotatable bonds is 5. The second kappa shape index (κ2) is 7.02. The normalized spacial score (nSPS) is 23.3. The smallest absolute Gasteiger partial charge is 0.261 e. The van der Waals surface area contributed by atoms with Gasteiger partial charge in [0.25, 0.3) is 5.89 Å². The van der Waals surface area contributed by atoms with Crippen LogP contribution in [-0.4, -0.2) is 32.3 Å². The Kier molecular flexibility index (Phi) is 4.43. The van der Waals surface area contributed by atoms with Crippen molar-refractivity contribution in [3.8, 4) is 11.5 Å². The minimum absolute atomic E-state index is 0.154. The largest absolute Gasteiger partial charge is 0.334 e. The molecule has 1 saturated carbocycles. The average molecular weight is 403 g/mol. The number of allylic oxidation sites excluding steroid dienone is 1. The third-order valence-electron chi connectivity index (χ3n) is 6.42. The van der Waals surface area contributed by atoms with Crippen molar-refractivity contribution in [2.45, 2.75) is 38.3 Å². The summed E-state index contributed by atoms with van der Waals surface area (Å²) >= 11 is 0. The highest BCUT2D eigenvalue weighted by Gasteiger charge is 2.47. The fraction of sp³-hybridized carbons (Fsp3) is 0.391. The maximum absolute atomic E-state index is 5.98. The highest BCUT2D eigenvalue weighted by molar-refractivity contribution is 6.10. The lowest BCUT2D eigenvalue weighted by Crippen LogP contribution is -2.28. The first kappa shape index (κ1) is 18.9. The van der Waals surface area contributed by atoms with Crippen molar-refractivity contribution in [1.82, 2.24) is 19.9 Å². The summed E-state index contributed by atoms with van der Waals surface area (Å²) in [6, 6.07) is 8.67. The molecule has 0 saturated heterocycles. The Hall–Kier alpha value is -3.06. The number of benzene rings is 1. The lowest BCUT2D eigenvalue weighted by atomic mass is 9.76. The van der Waals surface area contributed by atoms with Crippen molar-refractivity contribution in [2.24, 2.45) is 29.6 Å². The van der Waals surface area contributed by atoms with E-state index in [1.807, 2.05) is 19.5 Å². The minimum Gasteiger partial charge on any atom is -0.334 e. The molecular weight excluding hydrogens is 376 g/mol. The molecule has 5 rings (SSSR count). The molecule has 0 spiro atoms. The monoisotopic (exact) mass is 402 g/mol. The molecule has 2 N–H and O–H groups in total. The van der Waals surface area contributed by atoms with Gasteiger partial charge >= 0.3 is 0 Å². The molecule has 1 aliphatic carbocycles. The number of nitrogens with two attached hydrogens (primary N) is 1. The van der Waals surface area contributed by atoms with Gasteiger partial charge in [-0.05, 0) is 42.4 Å². The molecule has 2 aromatic heterocycles. The first-order chi connectivity index (χ1) is 14.4. The standard InChI is InChI=1S/C23H26N6O/c1-14-10-16(11-25-20(14)24)15-4-6-18(7-5-15)23(2,19-8-9-19)22-27-21(30-28-22)17-12-26-29(3)13-17/h4-7,10-14,19-20H,8-9,24H2,1-3H3/t14?,20?,23-/m0/s1. The fourth-order valence-corrected chi connectivity index (χ4v) is 4.20. The quantitative estimate of drug-likeness (QED) is 0.704. The lowest BCUT2D eigenvalue weighted by Gasteiger charge is -2.27. The van der Waals surface area contributed by atoms with Gasteiger partial charge in [-0.3, -0.25) is 9.67 Å². The third kappa shape index (κ3) is 3.19. The molecule has 1 aromatic carbocycles. The van der Waals surface area contributed by atoms with Crippen LogP contribution in [0.1, 0.15) is 43.6 Å². The van der Waals surface area contributed by atoms with E-state index in [0.717, 1.165) is 22.5 Å². The second-order valence-corrected chi connectivity index (χ2v) is 8.63. The summed E-state index contributed by atoms with van der Waals surface area (Å²) in [5.41, 5.74) is 9.98. The highest BCUT2D eigenvalue weighted by atomic mass is 16.5. The SMILES string of the molecule is CC1C=C(c2ccc([C@](C)(c3noc(-c4cnn(C)c4)n3)C3CC3)cc2)C=NC1N. The topological polar surface area (TPSA) is 95.1 Å². The van der Waals surface area contributed by atoms with Crippen molar-refractivity contribution >= 4 is 11.8 Å². The predicted molar refractivity (Wildman–Crippen MR) is 116 cm³/mol. The lowest BCUT2D eigenvalue weighted by molar-refractivity contribution is 0.386. The number of dihydropyridines is 1.